The maximum Gasteiger partial charge on any atom is 0.341 e. The molecule has 8 atom stereocenters. The minimum absolute atomic E-state index is 0.0922. The minimum atomic E-state index is -2.62. The van der Waals surface area contributed by atoms with E-state index in [2.05, 4.69) is 0 Å². The smallest absolute Gasteiger partial charge is 0.341 e. The number of hydrogen-bond acceptors (Lipinski definition) is 12. The zero-order valence-corrected chi connectivity index (χ0v) is 26.8. The number of esters is 5. The van der Waals surface area contributed by atoms with Crippen molar-refractivity contribution in [1.29, 1.82) is 0 Å². The van der Waals surface area contributed by atoms with Crippen molar-refractivity contribution in [2.24, 2.45) is 5.92 Å². The molecule has 3 aliphatic rings. The Morgan fingerprint density at radius 2 is 1.45 bits per heavy atom. The van der Waals surface area contributed by atoms with E-state index < -0.39 is 83.4 Å². The lowest BCUT2D eigenvalue weighted by atomic mass is 9.75. The van der Waals surface area contributed by atoms with E-state index in [0.717, 1.165) is 13.8 Å². The summed E-state index contributed by atoms with van der Waals surface area (Å²) in [5.41, 5.74) is -5.60. The van der Waals surface area contributed by atoms with Crippen LogP contribution >= 0.6 is 0 Å². The van der Waals surface area contributed by atoms with Crippen LogP contribution < -0.4 is 0 Å². The van der Waals surface area contributed by atoms with Gasteiger partial charge in [0.1, 0.15) is 11.7 Å². The lowest BCUT2D eigenvalue weighted by Gasteiger charge is -2.41. The van der Waals surface area contributed by atoms with Gasteiger partial charge in [-0.05, 0) is 73.5 Å². The third kappa shape index (κ3) is 5.84. The molecule has 0 spiro atoms. The fourth-order valence-corrected chi connectivity index (χ4v) is 6.14. The van der Waals surface area contributed by atoms with Crippen LogP contribution in [0.15, 0.2) is 46.1 Å². The highest BCUT2D eigenvalue weighted by Gasteiger charge is 2.76. The third-order valence-corrected chi connectivity index (χ3v) is 8.70. The van der Waals surface area contributed by atoms with Gasteiger partial charge in [-0.15, -0.1) is 0 Å². The number of aliphatic hydroxyl groups is 2. The molecule has 44 heavy (non-hydrogen) atoms. The number of carbonyl (C=O) groups excluding carboxylic acids is 5. The molecule has 0 aromatic rings. The number of rotatable bonds is 7. The van der Waals surface area contributed by atoms with E-state index in [0.29, 0.717) is 5.57 Å². The maximum absolute atomic E-state index is 13.1. The first-order valence-electron chi connectivity index (χ1n) is 14.4. The van der Waals surface area contributed by atoms with Crippen LogP contribution in [0.25, 0.3) is 0 Å². The van der Waals surface area contributed by atoms with Crippen molar-refractivity contribution >= 4 is 29.8 Å². The monoisotopic (exact) mass is 618 g/mol. The Morgan fingerprint density at radius 1 is 0.909 bits per heavy atom. The molecule has 0 unspecified atom stereocenters. The van der Waals surface area contributed by atoms with Crippen LogP contribution in [0, 0.1) is 5.92 Å². The molecule has 2 aliphatic carbocycles. The van der Waals surface area contributed by atoms with Crippen molar-refractivity contribution in [2.75, 3.05) is 0 Å². The molecular formula is C32H42O12. The Morgan fingerprint density at radius 3 is 1.95 bits per heavy atom. The van der Waals surface area contributed by atoms with Gasteiger partial charge in [0.2, 0.25) is 0 Å². The van der Waals surface area contributed by atoms with E-state index in [1.807, 2.05) is 0 Å². The number of carbonyl (C=O) groups is 5. The van der Waals surface area contributed by atoms with E-state index in [1.54, 1.807) is 27.7 Å². The molecule has 3 rings (SSSR count). The maximum atomic E-state index is 13.1. The molecule has 1 saturated carbocycles. The van der Waals surface area contributed by atoms with Crippen molar-refractivity contribution < 1.29 is 57.9 Å². The molecule has 0 amide bonds. The van der Waals surface area contributed by atoms with E-state index >= 15 is 0 Å². The standard InChI is InChI=1S/C32H42O12/c1-11-16(5)27(35)40-20-14-30(9,44-19(8)33)23-22(26-32(20,39)31(10,38)29(37)43-26)18(7)24(42-28(36)17(6)12-2)25(23)41-21(34)13-15(3)4/h11-13,20,23-26,38-39H,14H2,1-10H3/b16-11-,17-12-/t20-,23+,24-,25-,26-,30-,31+,32+/m0/s1. The lowest BCUT2D eigenvalue weighted by Crippen LogP contribution is -2.64. The van der Waals surface area contributed by atoms with Gasteiger partial charge in [-0.25, -0.2) is 19.2 Å². The first-order valence-corrected chi connectivity index (χ1v) is 14.4. The summed E-state index contributed by atoms with van der Waals surface area (Å²) in [5, 5.41) is 23.8. The number of ether oxygens (including phenoxy) is 5. The second kappa shape index (κ2) is 12.3. The quantitative estimate of drug-likeness (QED) is 0.185. The van der Waals surface area contributed by atoms with Gasteiger partial charge in [0, 0.05) is 30.6 Å². The summed E-state index contributed by atoms with van der Waals surface area (Å²) in [6.07, 6.45) is -2.23. The fourth-order valence-electron chi connectivity index (χ4n) is 6.14. The average Bonchev–Trinajstić information content (AvgIpc) is 3.25. The summed E-state index contributed by atoms with van der Waals surface area (Å²) < 4.78 is 29.0. The van der Waals surface area contributed by atoms with E-state index in [4.69, 9.17) is 23.7 Å². The first-order chi connectivity index (χ1) is 20.3. The first kappa shape index (κ1) is 34.7. The predicted octanol–water partition coefficient (Wildman–Crippen LogP) is 2.70. The van der Waals surface area contributed by atoms with Gasteiger partial charge >= 0.3 is 29.8 Å². The normalized spacial score (nSPS) is 35.1. The van der Waals surface area contributed by atoms with E-state index in [1.165, 1.54) is 45.9 Å². The molecular weight excluding hydrogens is 576 g/mol. The molecule has 1 heterocycles. The van der Waals surface area contributed by atoms with Crippen molar-refractivity contribution in [3.05, 3.63) is 46.1 Å². The Hall–Kier alpha value is -3.77. The van der Waals surface area contributed by atoms with Gasteiger partial charge in [0.05, 0.1) is 5.92 Å². The SMILES string of the molecule is C/C=C(/C)C(=O)O[C@H]1C[C@](C)(OC(C)=O)[C@@H]2C(=C(C)[C@H](OC(=O)/C(C)=C\C)[C@H]2OC(=O)C=C(C)C)[C@@H]2OC(=O)[C@@](C)(O)[C@@]12O. The number of hydrogen-bond donors (Lipinski definition) is 2. The third-order valence-electron chi connectivity index (χ3n) is 8.70. The largest absolute Gasteiger partial charge is 0.459 e. The summed E-state index contributed by atoms with van der Waals surface area (Å²) in [6.45, 7) is 14.8. The number of fused-ring (bicyclic) bond motifs is 3. The van der Waals surface area contributed by atoms with Crippen LogP contribution in [0.1, 0.15) is 75.7 Å². The van der Waals surface area contributed by atoms with Gasteiger partial charge in [0.25, 0.3) is 0 Å². The molecule has 0 aromatic heterocycles. The molecule has 0 radical (unpaired) electrons. The van der Waals surface area contributed by atoms with Crippen LogP contribution in [0.2, 0.25) is 0 Å². The lowest BCUT2D eigenvalue weighted by molar-refractivity contribution is -0.210. The Labute approximate surface area is 256 Å². The zero-order valence-electron chi connectivity index (χ0n) is 26.8. The minimum Gasteiger partial charge on any atom is -0.459 e. The Balaban J connectivity index is 2.38. The average molecular weight is 619 g/mol. The summed E-state index contributed by atoms with van der Waals surface area (Å²) in [4.78, 5) is 64.8. The van der Waals surface area contributed by atoms with Crippen LogP contribution in [0.4, 0.5) is 0 Å². The summed E-state index contributed by atoms with van der Waals surface area (Å²) in [7, 11) is 0. The molecule has 2 fully saturated rings. The Kier molecular flexibility index (Phi) is 9.72. The molecule has 12 heteroatoms. The second-order valence-electron chi connectivity index (χ2n) is 12.2. The molecule has 1 aliphatic heterocycles. The van der Waals surface area contributed by atoms with Crippen LogP contribution in [0.3, 0.4) is 0 Å². The predicted molar refractivity (Wildman–Crippen MR) is 154 cm³/mol. The van der Waals surface area contributed by atoms with Gasteiger partial charge in [-0.2, -0.15) is 0 Å². The summed E-state index contributed by atoms with van der Waals surface area (Å²) in [5.74, 6) is -5.54. The second-order valence-corrected chi connectivity index (χ2v) is 12.2. The Bertz CT molecular complexity index is 1380. The van der Waals surface area contributed by atoms with Crippen LogP contribution in [-0.2, 0) is 47.7 Å². The number of allylic oxidation sites excluding steroid dienone is 3. The molecule has 2 N–H and O–H groups in total. The van der Waals surface area contributed by atoms with Crippen molar-refractivity contribution in [3.63, 3.8) is 0 Å². The highest BCUT2D eigenvalue weighted by atomic mass is 16.6. The fraction of sp³-hybridized carbons (Fsp3) is 0.594. The van der Waals surface area contributed by atoms with Crippen LogP contribution in [-0.4, -0.2) is 81.3 Å². The topological polar surface area (TPSA) is 172 Å². The van der Waals surface area contributed by atoms with Gasteiger partial charge in [-0.3, -0.25) is 4.79 Å². The molecule has 0 bridgehead atoms. The highest BCUT2D eigenvalue weighted by Crippen LogP contribution is 2.57. The van der Waals surface area contributed by atoms with Crippen molar-refractivity contribution in [3.8, 4) is 0 Å². The van der Waals surface area contributed by atoms with Gasteiger partial charge in [0.15, 0.2) is 29.5 Å². The van der Waals surface area contributed by atoms with E-state index in [9.17, 15) is 34.2 Å². The van der Waals surface area contributed by atoms with E-state index in [-0.39, 0.29) is 22.3 Å². The van der Waals surface area contributed by atoms with Crippen molar-refractivity contribution in [1.82, 2.24) is 0 Å². The summed E-state index contributed by atoms with van der Waals surface area (Å²) in [6, 6.07) is 0. The molecule has 0 aromatic carbocycles. The van der Waals surface area contributed by atoms with Crippen LogP contribution in [0.5, 0.6) is 0 Å². The summed E-state index contributed by atoms with van der Waals surface area (Å²) >= 11 is 0. The van der Waals surface area contributed by atoms with Gasteiger partial charge in [-0.1, -0.05) is 17.7 Å². The van der Waals surface area contributed by atoms with Crippen molar-refractivity contribution in [2.45, 2.75) is 117 Å². The zero-order chi connectivity index (χ0) is 33.5. The molecule has 1 saturated heterocycles. The highest BCUT2D eigenvalue weighted by molar-refractivity contribution is 5.89. The molecule has 242 valence electrons. The van der Waals surface area contributed by atoms with Gasteiger partial charge < -0.3 is 33.9 Å². The molecule has 12 nitrogen and oxygen atoms in total.